The number of morpholine rings is 2. The van der Waals surface area contributed by atoms with Gasteiger partial charge in [-0.1, -0.05) is 0 Å². The molecular formula is C19H24N4O4. The number of nitrogens with one attached hydrogen (secondary N) is 1. The van der Waals surface area contributed by atoms with E-state index in [0.29, 0.717) is 45.0 Å². The first kappa shape index (κ1) is 17.9. The minimum atomic E-state index is -1.03. The van der Waals surface area contributed by atoms with E-state index in [1.54, 1.807) is 22.8 Å². The summed E-state index contributed by atoms with van der Waals surface area (Å²) in [5.41, 5.74) is 1.21. The Morgan fingerprint density at radius 2 is 1.89 bits per heavy atom. The Bertz CT molecular complexity index is 874. The highest BCUT2D eigenvalue weighted by atomic mass is 16.5. The number of imidazole rings is 1. The highest BCUT2D eigenvalue weighted by molar-refractivity contribution is 5.98. The van der Waals surface area contributed by atoms with Crippen molar-refractivity contribution in [2.24, 2.45) is 0 Å². The molecule has 0 spiro atoms. The van der Waals surface area contributed by atoms with Crippen molar-refractivity contribution in [1.29, 1.82) is 0 Å². The van der Waals surface area contributed by atoms with Gasteiger partial charge in [0.2, 0.25) is 0 Å². The number of H-pyrrole nitrogens is 1. The van der Waals surface area contributed by atoms with Gasteiger partial charge in [0.1, 0.15) is 5.82 Å². The van der Waals surface area contributed by atoms with E-state index in [-0.39, 0.29) is 18.4 Å². The second-order valence-corrected chi connectivity index (χ2v) is 7.26. The number of fused-ring (bicyclic) bond motifs is 1. The Morgan fingerprint density at radius 1 is 1.15 bits per heavy atom. The number of aromatic nitrogens is 2. The fraction of sp³-hybridized carbons (Fsp3) is 0.526. The third kappa shape index (κ3) is 3.42. The van der Waals surface area contributed by atoms with Gasteiger partial charge in [-0.25, -0.2) is 4.98 Å². The SMILES string of the molecule is Cc1nc2ccc(C(=O)N3CCO[C@](C)(C(=O)N4CCOCC4)C3)cc2[nH]1. The number of carbonyl (C=O) groups excluding carboxylic acids is 2. The molecule has 2 fully saturated rings. The van der Waals surface area contributed by atoms with E-state index in [0.717, 1.165) is 16.9 Å². The van der Waals surface area contributed by atoms with Crippen LogP contribution in [0.3, 0.4) is 0 Å². The molecular weight excluding hydrogens is 348 g/mol. The first-order chi connectivity index (χ1) is 13.0. The molecule has 0 radical (unpaired) electrons. The molecule has 3 heterocycles. The van der Waals surface area contributed by atoms with E-state index in [2.05, 4.69) is 9.97 Å². The molecule has 2 aromatic rings. The lowest BCUT2D eigenvalue weighted by molar-refractivity contribution is -0.168. The first-order valence-electron chi connectivity index (χ1n) is 9.23. The second-order valence-electron chi connectivity index (χ2n) is 7.26. The molecule has 8 nitrogen and oxygen atoms in total. The zero-order valence-electron chi connectivity index (χ0n) is 15.7. The molecule has 1 atom stereocenters. The molecule has 0 aliphatic carbocycles. The highest BCUT2D eigenvalue weighted by Gasteiger charge is 2.43. The summed E-state index contributed by atoms with van der Waals surface area (Å²) in [5.74, 6) is 0.626. The van der Waals surface area contributed by atoms with Crippen molar-refractivity contribution in [3.05, 3.63) is 29.6 Å². The average molecular weight is 372 g/mol. The lowest BCUT2D eigenvalue weighted by Crippen LogP contribution is -2.61. The van der Waals surface area contributed by atoms with Crippen molar-refractivity contribution in [2.45, 2.75) is 19.4 Å². The second kappa shape index (κ2) is 6.94. The Labute approximate surface area is 157 Å². The van der Waals surface area contributed by atoms with Gasteiger partial charge >= 0.3 is 0 Å². The number of benzene rings is 1. The maximum absolute atomic E-state index is 13.0. The van der Waals surface area contributed by atoms with Gasteiger partial charge in [-0.15, -0.1) is 0 Å². The Hall–Kier alpha value is -2.45. The van der Waals surface area contributed by atoms with E-state index in [9.17, 15) is 9.59 Å². The van der Waals surface area contributed by atoms with Gasteiger partial charge in [-0.3, -0.25) is 9.59 Å². The third-order valence-electron chi connectivity index (χ3n) is 5.16. The minimum Gasteiger partial charge on any atom is -0.378 e. The van der Waals surface area contributed by atoms with Crippen LogP contribution in [0.4, 0.5) is 0 Å². The zero-order chi connectivity index (χ0) is 19.0. The zero-order valence-corrected chi connectivity index (χ0v) is 15.7. The molecule has 1 aromatic carbocycles. The van der Waals surface area contributed by atoms with E-state index in [1.807, 2.05) is 19.1 Å². The van der Waals surface area contributed by atoms with Crippen LogP contribution in [-0.4, -0.2) is 83.2 Å². The fourth-order valence-corrected chi connectivity index (χ4v) is 3.73. The molecule has 0 bridgehead atoms. The molecule has 1 N–H and O–H groups in total. The third-order valence-corrected chi connectivity index (χ3v) is 5.16. The highest BCUT2D eigenvalue weighted by Crippen LogP contribution is 2.23. The summed E-state index contributed by atoms with van der Waals surface area (Å²) in [6.07, 6.45) is 0. The van der Waals surface area contributed by atoms with Crippen LogP contribution in [0.5, 0.6) is 0 Å². The predicted octanol–water partition coefficient (Wildman–Crippen LogP) is 0.961. The van der Waals surface area contributed by atoms with Crippen LogP contribution < -0.4 is 0 Å². The number of ether oxygens (including phenoxy) is 2. The molecule has 8 heteroatoms. The molecule has 2 saturated heterocycles. The minimum absolute atomic E-state index is 0.0806. The first-order valence-corrected chi connectivity index (χ1v) is 9.23. The Balaban J connectivity index is 1.52. The lowest BCUT2D eigenvalue weighted by atomic mass is 10.0. The van der Waals surface area contributed by atoms with E-state index in [1.165, 1.54) is 0 Å². The normalized spacial score (nSPS) is 23.6. The topological polar surface area (TPSA) is 87.8 Å². The number of hydrogen-bond acceptors (Lipinski definition) is 5. The Kier molecular flexibility index (Phi) is 4.61. The van der Waals surface area contributed by atoms with Gasteiger partial charge in [0, 0.05) is 25.2 Å². The van der Waals surface area contributed by atoms with Crippen molar-refractivity contribution in [2.75, 3.05) is 46.0 Å². The molecule has 1 aromatic heterocycles. The maximum Gasteiger partial charge on any atom is 0.256 e. The van der Waals surface area contributed by atoms with Crippen LogP contribution >= 0.6 is 0 Å². The number of rotatable bonds is 2. The van der Waals surface area contributed by atoms with Gasteiger partial charge < -0.3 is 24.3 Å². The fourth-order valence-electron chi connectivity index (χ4n) is 3.73. The summed E-state index contributed by atoms with van der Waals surface area (Å²) in [7, 11) is 0. The summed E-state index contributed by atoms with van der Waals surface area (Å²) in [4.78, 5) is 37.0. The van der Waals surface area contributed by atoms with Crippen LogP contribution in [0.15, 0.2) is 18.2 Å². The van der Waals surface area contributed by atoms with Gasteiger partial charge in [-0.2, -0.15) is 0 Å². The van der Waals surface area contributed by atoms with Gasteiger partial charge in [0.25, 0.3) is 11.8 Å². The number of aryl methyl sites for hydroxylation is 1. The molecule has 0 unspecified atom stereocenters. The van der Waals surface area contributed by atoms with Crippen LogP contribution in [0.25, 0.3) is 11.0 Å². The van der Waals surface area contributed by atoms with Crippen LogP contribution in [0, 0.1) is 6.92 Å². The van der Waals surface area contributed by atoms with Crippen molar-refractivity contribution in [3.8, 4) is 0 Å². The summed E-state index contributed by atoms with van der Waals surface area (Å²) in [6, 6.07) is 5.43. The maximum atomic E-state index is 13.0. The van der Waals surface area contributed by atoms with Gasteiger partial charge in [-0.05, 0) is 32.0 Å². The standard InChI is InChI=1S/C19H24N4O4/c1-13-20-15-4-3-14(11-16(15)21-13)17(24)23-7-10-27-19(2,12-23)18(25)22-5-8-26-9-6-22/h3-4,11H,5-10,12H2,1-2H3,(H,20,21)/t19-/m0/s1. The van der Waals surface area contributed by atoms with Crippen molar-refractivity contribution in [1.82, 2.24) is 19.8 Å². The summed E-state index contributed by atoms with van der Waals surface area (Å²) < 4.78 is 11.1. The molecule has 144 valence electrons. The number of carbonyl (C=O) groups is 2. The quantitative estimate of drug-likeness (QED) is 0.848. The number of aromatic amines is 1. The van der Waals surface area contributed by atoms with Crippen LogP contribution in [-0.2, 0) is 14.3 Å². The average Bonchev–Trinajstić information content (AvgIpc) is 3.06. The van der Waals surface area contributed by atoms with Crippen LogP contribution in [0.1, 0.15) is 23.1 Å². The van der Waals surface area contributed by atoms with Gasteiger partial charge in [0.15, 0.2) is 5.60 Å². The summed E-state index contributed by atoms with van der Waals surface area (Å²) in [5, 5.41) is 0. The molecule has 0 saturated carbocycles. The van der Waals surface area contributed by atoms with Crippen LogP contribution in [0.2, 0.25) is 0 Å². The lowest BCUT2D eigenvalue weighted by Gasteiger charge is -2.42. The van der Waals surface area contributed by atoms with Gasteiger partial charge in [0.05, 0.1) is 37.4 Å². The smallest absolute Gasteiger partial charge is 0.256 e. The molecule has 2 aliphatic heterocycles. The number of amides is 2. The van der Waals surface area contributed by atoms with Crippen molar-refractivity contribution in [3.63, 3.8) is 0 Å². The molecule has 2 amide bonds. The summed E-state index contributed by atoms with van der Waals surface area (Å²) in [6.45, 7) is 6.87. The number of nitrogens with zero attached hydrogens (tertiary/aromatic N) is 3. The molecule has 2 aliphatic rings. The van der Waals surface area contributed by atoms with E-state index < -0.39 is 5.60 Å². The monoisotopic (exact) mass is 372 g/mol. The summed E-state index contributed by atoms with van der Waals surface area (Å²) >= 11 is 0. The molecule has 4 rings (SSSR count). The largest absolute Gasteiger partial charge is 0.378 e. The van der Waals surface area contributed by atoms with E-state index in [4.69, 9.17) is 9.47 Å². The Morgan fingerprint density at radius 3 is 2.67 bits per heavy atom. The number of hydrogen-bond donors (Lipinski definition) is 1. The predicted molar refractivity (Wildman–Crippen MR) is 98.5 cm³/mol. The van der Waals surface area contributed by atoms with E-state index >= 15 is 0 Å². The van der Waals surface area contributed by atoms with Crippen molar-refractivity contribution < 1.29 is 19.1 Å². The van der Waals surface area contributed by atoms with Crippen molar-refractivity contribution >= 4 is 22.8 Å². The molecule has 27 heavy (non-hydrogen) atoms.